The Morgan fingerprint density at radius 1 is 1.06 bits per heavy atom. The molecule has 8 nitrogen and oxygen atoms in total. The standard InChI is InChI=1S/C27H29N3O5/c1-18(28-27(33)35-17-19-9-4-3-5-10-19)26(32)30-14-8-13-23(30)25(31)29-21-15-20-11-6-7-12-22(20)24(16-21)34-2/h3-7,9-12,15-16,18,23H,8,13-14,17H2,1-2H3,(H,28,33)(H,29,31)/t18-,23-/m1/s1. The van der Waals surface area contributed by atoms with E-state index < -0.39 is 18.2 Å². The zero-order valence-electron chi connectivity index (χ0n) is 19.8. The Balaban J connectivity index is 1.37. The minimum atomic E-state index is -0.826. The van der Waals surface area contributed by atoms with Gasteiger partial charge < -0.3 is 25.0 Å². The summed E-state index contributed by atoms with van der Waals surface area (Å²) < 4.78 is 10.7. The minimum absolute atomic E-state index is 0.109. The molecule has 3 aromatic rings. The molecule has 3 amide bonds. The van der Waals surface area contributed by atoms with Crippen LogP contribution in [0.1, 0.15) is 25.3 Å². The van der Waals surface area contributed by atoms with Crippen LogP contribution in [0.15, 0.2) is 66.7 Å². The van der Waals surface area contributed by atoms with Crippen molar-refractivity contribution in [3.05, 3.63) is 72.3 Å². The molecule has 1 aliphatic rings. The molecule has 2 atom stereocenters. The molecule has 1 fully saturated rings. The van der Waals surface area contributed by atoms with Gasteiger partial charge in [-0.3, -0.25) is 9.59 Å². The van der Waals surface area contributed by atoms with E-state index in [4.69, 9.17) is 9.47 Å². The first-order valence-corrected chi connectivity index (χ1v) is 11.6. The number of anilines is 1. The van der Waals surface area contributed by atoms with Crippen molar-refractivity contribution in [3.8, 4) is 5.75 Å². The minimum Gasteiger partial charge on any atom is -0.496 e. The first-order valence-electron chi connectivity index (χ1n) is 11.6. The number of rotatable bonds is 7. The van der Waals surface area contributed by atoms with Crippen LogP contribution in [0.4, 0.5) is 10.5 Å². The quantitative estimate of drug-likeness (QED) is 0.537. The van der Waals surface area contributed by atoms with Gasteiger partial charge in [0.2, 0.25) is 11.8 Å². The number of carbonyl (C=O) groups excluding carboxylic acids is 3. The Morgan fingerprint density at radius 2 is 1.80 bits per heavy atom. The molecule has 1 saturated heterocycles. The van der Waals surface area contributed by atoms with Crippen LogP contribution in [-0.4, -0.2) is 48.5 Å². The largest absolute Gasteiger partial charge is 0.496 e. The maximum atomic E-state index is 13.1. The van der Waals surface area contributed by atoms with Crippen molar-refractivity contribution in [2.45, 2.75) is 38.5 Å². The second kappa shape index (κ2) is 10.9. The van der Waals surface area contributed by atoms with Crippen LogP contribution in [0.25, 0.3) is 10.8 Å². The predicted octanol–water partition coefficient (Wildman–Crippen LogP) is 4.09. The highest BCUT2D eigenvalue weighted by Crippen LogP contribution is 2.30. The number of amides is 3. The number of likely N-dealkylation sites (tertiary alicyclic amines) is 1. The van der Waals surface area contributed by atoms with Crippen LogP contribution in [0.5, 0.6) is 5.75 Å². The number of hydrogen-bond acceptors (Lipinski definition) is 5. The molecular formula is C27H29N3O5. The average Bonchev–Trinajstić information content (AvgIpc) is 3.37. The maximum Gasteiger partial charge on any atom is 0.408 e. The molecule has 4 rings (SSSR count). The summed E-state index contributed by atoms with van der Waals surface area (Å²) in [5, 5.41) is 7.39. The average molecular weight is 476 g/mol. The zero-order valence-corrected chi connectivity index (χ0v) is 19.8. The summed E-state index contributed by atoms with van der Waals surface area (Å²) in [7, 11) is 1.59. The van der Waals surface area contributed by atoms with Crippen LogP contribution in [0.2, 0.25) is 0 Å². The number of nitrogens with zero attached hydrogens (tertiary/aromatic N) is 1. The Bertz CT molecular complexity index is 1210. The van der Waals surface area contributed by atoms with Crippen molar-refractivity contribution in [1.82, 2.24) is 10.2 Å². The molecule has 0 saturated carbocycles. The first kappa shape index (κ1) is 24.1. The Labute approximate surface area is 204 Å². The highest BCUT2D eigenvalue weighted by Gasteiger charge is 2.36. The van der Waals surface area contributed by atoms with Crippen molar-refractivity contribution in [3.63, 3.8) is 0 Å². The number of alkyl carbamates (subject to hydrolysis) is 1. The van der Waals surface area contributed by atoms with E-state index in [0.717, 1.165) is 16.3 Å². The van der Waals surface area contributed by atoms with Crippen LogP contribution in [-0.2, 0) is 20.9 Å². The number of nitrogens with one attached hydrogen (secondary N) is 2. The lowest BCUT2D eigenvalue weighted by molar-refractivity contribution is -0.138. The van der Waals surface area contributed by atoms with Crippen LogP contribution in [0, 0.1) is 0 Å². The SMILES string of the molecule is COc1cc(NC(=O)[C@H]2CCCN2C(=O)[C@@H](C)NC(=O)OCc2ccccc2)cc2ccccc12. The topological polar surface area (TPSA) is 97.0 Å². The van der Waals surface area contributed by atoms with Gasteiger partial charge in [-0.1, -0.05) is 54.6 Å². The second-order valence-corrected chi connectivity index (χ2v) is 8.51. The van der Waals surface area contributed by atoms with Gasteiger partial charge in [0.1, 0.15) is 24.4 Å². The van der Waals surface area contributed by atoms with E-state index in [1.165, 1.54) is 4.90 Å². The smallest absolute Gasteiger partial charge is 0.408 e. The van der Waals surface area contributed by atoms with Crippen LogP contribution >= 0.6 is 0 Å². The monoisotopic (exact) mass is 475 g/mol. The third-order valence-corrected chi connectivity index (χ3v) is 6.07. The fourth-order valence-corrected chi connectivity index (χ4v) is 4.30. The lowest BCUT2D eigenvalue weighted by Crippen LogP contribution is -2.51. The fourth-order valence-electron chi connectivity index (χ4n) is 4.30. The maximum absolute atomic E-state index is 13.1. The highest BCUT2D eigenvalue weighted by atomic mass is 16.5. The van der Waals surface area contributed by atoms with Gasteiger partial charge in [0, 0.05) is 23.7 Å². The molecule has 2 N–H and O–H groups in total. The number of benzene rings is 3. The molecule has 0 aromatic heterocycles. The van der Waals surface area contributed by atoms with E-state index in [2.05, 4.69) is 10.6 Å². The summed E-state index contributed by atoms with van der Waals surface area (Å²) in [6.45, 7) is 2.15. The summed E-state index contributed by atoms with van der Waals surface area (Å²) in [5.74, 6) is 0.0621. The van der Waals surface area contributed by atoms with E-state index in [1.54, 1.807) is 20.1 Å². The van der Waals surface area contributed by atoms with Gasteiger partial charge in [-0.15, -0.1) is 0 Å². The van der Waals surface area contributed by atoms with Gasteiger partial charge in [-0.05, 0) is 36.8 Å². The summed E-state index contributed by atoms with van der Waals surface area (Å²) in [5.41, 5.74) is 1.45. The Morgan fingerprint density at radius 3 is 2.57 bits per heavy atom. The number of methoxy groups -OCH3 is 1. The molecule has 3 aromatic carbocycles. The van der Waals surface area contributed by atoms with E-state index in [-0.39, 0.29) is 18.4 Å². The molecule has 8 heteroatoms. The van der Waals surface area contributed by atoms with Crippen molar-refractivity contribution < 1.29 is 23.9 Å². The number of ether oxygens (including phenoxy) is 2. The molecule has 0 spiro atoms. The molecule has 0 aliphatic carbocycles. The Kier molecular flexibility index (Phi) is 7.50. The van der Waals surface area contributed by atoms with E-state index in [9.17, 15) is 14.4 Å². The normalized spacial score (nSPS) is 15.9. The van der Waals surface area contributed by atoms with Gasteiger partial charge in [-0.25, -0.2) is 4.79 Å². The fraction of sp³-hybridized carbons (Fsp3) is 0.296. The molecule has 35 heavy (non-hydrogen) atoms. The van der Waals surface area contributed by atoms with Crippen molar-refractivity contribution in [2.24, 2.45) is 0 Å². The van der Waals surface area contributed by atoms with Crippen molar-refractivity contribution >= 4 is 34.4 Å². The van der Waals surface area contributed by atoms with Gasteiger partial charge in [0.25, 0.3) is 0 Å². The summed E-state index contributed by atoms with van der Waals surface area (Å²) in [6.07, 6.45) is 0.571. The van der Waals surface area contributed by atoms with Gasteiger partial charge in [-0.2, -0.15) is 0 Å². The van der Waals surface area contributed by atoms with Gasteiger partial charge in [0.15, 0.2) is 0 Å². The second-order valence-electron chi connectivity index (χ2n) is 8.51. The summed E-state index contributed by atoms with van der Waals surface area (Å²) >= 11 is 0. The third-order valence-electron chi connectivity index (χ3n) is 6.07. The molecular weight excluding hydrogens is 446 g/mol. The molecule has 0 unspecified atom stereocenters. The Hall–Kier alpha value is -4.07. The molecule has 0 bridgehead atoms. The van der Waals surface area contributed by atoms with Crippen molar-refractivity contribution in [2.75, 3.05) is 19.0 Å². The lowest BCUT2D eigenvalue weighted by Gasteiger charge is -2.27. The zero-order chi connectivity index (χ0) is 24.8. The van der Waals surface area contributed by atoms with Crippen LogP contribution in [0.3, 0.4) is 0 Å². The molecule has 182 valence electrons. The third kappa shape index (κ3) is 5.71. The van der Waals surface area contributed by atoms with Gasteiger partial charge >= 0.3 is 6.09 Å². The summed E-state index contributed by atoms with van der Waals surface area (Å²) in [4.78, 5) is 39.9. The number of carbonyl (C=O) groups is 3. The van der Waals surface area contributed by atoms with E-state index in [1.807, 2.05) is 60.7 Å². The molecule has 1 heterocycles. The van der Waals surface area contributed by atoms with Crippen LogP contribution < -0.4 is 15.4 Å². The first-order chi connectivity index (χ1) is 17.0. The van der Waals surface area contributed by atoms with Gasteiger partial charge in [0.05, 0.1) is 7.11 Å². The number of hydrogen-bond donors (Lipinski definition) is 2. The number of fused-ring (bicyclic) bond motifs is 1. The van der Waals surface area contributed by atoms with E-state index in [0.29, 0.717) is 30.8 Å². The van der Waals surface area contributed by atoms with E-state index >= 15 is 0 Å². The molecule has 0 radical (unpaired) electrons. The lowest BCUT2D eigenvalue weighted by atomic mass is 10.1. The molecule has 1 aliphatic heterocycles. The summed E-state index contributed by atoms with van der Waals surface area (Å²) in [6, 6.07) is 19.2. The highest BCUT2D eigenvalue weighted by molar-refractivity contribution is 6.01. The van der Waals surface area contributed by atoms with Crippen molar-refractivity contribution in [1.29, 1.82) is 0 Å². The predicted molar refractivity (Wildman–Crippen MR) is 133 cm³/mol.